The Kier molecular flexibility index (Phi) is 4.93. The molecule has 2 unspecified atom stereocenters. The molecule has 1 aromatic rings. The SMILES string of the molecule is CCc1cc(CC(N)C(C)(CC)N(C)C)n(C)n1. The van der Waals surface area contributed by atoms with Crippen molar-refractivity contribution < 1.29 is 0 Å². The van der Waals surface area contributed by atoms with Gasteiger partial charge in [-0.15, -0.1) is 0 Å². The van der Waals surface area contributed by atoms with E-state index in [1.54, 1.807) is 0 Å². The maximum Gasteiger partial charge on any atom is 0.0624 e. The van der Waals surface area contributed by atoms with Gasteiger partial charge in [-0.1, -0.05) is 13.8 Å². The van der Waals surface area contributed by atoms with Gasteiger partial charge in [0.25, 0.3) is 0 Å². The van der Waals surface area contributed by atoms with Crippen LogP contribution in [0.2, 0.25) is 0 Å². The van der Waals surface area contributed by atoms with Crippen molar-refractivity contribution in [2.75, 3.05) is 14.1 Å². The van der Waals surface area contributed by atoms with Crippen molar-refractivity contribution in [2.24, 2.45) is 12.8 Å². The van der Waals surface area contributed by atoms with Crippen LogP contribution in [0.25, 0.3) is 0 Å². The summed E-state index contributed by atoms with van der Waals surface area (Å²) in [5.74, 6) is 0. The van der Waals surface area contributed by atoms with Gasteiger partial charge in [-0.3, -0.25) is 4.68 Å². The summed E-state index contributed by atoms with van der Waals surface area (Å²) in [6.07, 6.45) is 2.88. The van der Waals surface area contributed by atoms with E-state index in [-0.39, 0.29) is 11.6 Å². The first-order valence-electron chi connectivity index (χ1n) is 6.79. The Bertz CT molecular complexity index is 383. The number of rotatable bonds is 6. The monoisotopic (exact) mass is 252 g/mol. The van der Waals surface area contributed by atoms with Crippen molar-refractivity contribution in [1.29, 1.82) is 0 Å². The minimum Gasteiger partial charge on any atom is -0.326 e. The molecule has 18 heavy (non-hydrogen) atoms. The van der Waals surface area contributed by atoms with Crippen LogP contribution in [0.4, 0.5) is 0 Å². The summed E-state index contributed by atoms with van der Waals surface area (Å²) in [6, 6.07) is 2.28. The molecular formula is C14H28N4. The number of hydrogen-bond donors (Lipinski definition) is 1. The fraction of sp³-hybridized carbons (Fsp3) is 0.786. The molecule has 0 aliphatic heterocycles. The Balaban J connectivity index is 2.85. The van der Waals surface area contributed by atoms with Crippen LogP contribution >= 0.6 is 0 Å². The normalized spacial score (nSPS) is 16.9. The van der Waals surface area contributed by atoms with Crippen molar-refractivity contribution >= 4 is 0 Å². The molecule has 0 aliphatic rings. The van der Waals surface area contributed by atoms with Crippen LogP contribution in [0.3, 0.4) is 0 Å². The molecule has 2 atom stereocenters. The fourth-order valence-corrected chi connectivity index (χ4v) is 2.29. The van der Waals surface area contributed by atoms with Crippen LogP contribution in [0.15, 0.2) is 6.07 Å². The predicted octanol–water partition coefficient (Wildman–Crippen LogP) is 1.58. The molecule has 0 saturated carbocycles. The standard InChI is InChI=1S/C14H28N4/c1-7-11-9-12(18(6)16-11)10-13(15)14(3,8-2)17(4)5/h9,13H,7-8,10,15H2,1-6H3. The first-order valence-corrected chi connectivity index (χ1v) is 6.79. The molecule has 104 valence electrons. The van der Waals surface area contributed by atoms with Crippen LogP contribution in [-0.2, 0) is 19.9 Å². The van der Waals surface area contributed by atoms with Crippen molar-refractivity contribution in [2.45, 2.75) is 51.6 Å². The second-order valence-electron chi connectivity index (χ2n) is 5.52. The number of likely N-dealkylation sites (N-methyl/N-ethyl adjacent to an activating group) is 1. The lowest BCUT2D eigenvalue weighted by atomic mass is 9.86. The van der Waals surface area contributed by atoms with E-state index in [0.29, 0.717) is 0 Å². The second-order valence-corrected chi connectivity index (χ2v) is 5.52. The van der Waals surface area contributed by atoms with E-state index in [2.05, 4.69) is 50.9 Å². The van der Waals surface area contributed by atoms with E-state index in [9.17, 15) is 0 Å². The van der Waals surface area contributed by atoms with Gasteiger partial charge >= 0.3 is 0 Å². The van der Waals surface area contributed by atoms with Gasteiger partial charge in [0.15, 0.2) is 0 Å². The van der Waals surface area contributed by atoms with Crippen LogP contribution in [0, 0.1) is 0 Å². The zero-order valence-electron chi connectivity index (χ0n) is 12.7. The number of nitrogens with two attached hydrogens (primary N) is 1. The molecule has 0 amide bonds. The fourth-order valence-electron chi connectivity index (χ4n) is 2.29. The smallest absolute Gasteiger partial charge is 0.0624 e. The van der Waals surface area contributed by atoms with Crippen LogP contribution < -0.4 is 5.73 Å². The highest BCUT2D eigenvalue weighted by Crippen LogP contribution is 2.22. The number of aromatic nitrogens is 2. The van der Waals surface area contributed by atoms with E-state index in [1.165, 1.54) is 5.69 Å². The molecule has 0 aromatic carbocycles. The predicted molar refractivity (Wildman–Crippen MR) is 76.6 cm³/mol. The molecule has 1 aromatic heterocycles. The van der Waals surface area contributed by atoms with Gasteiger partial charge in [0.1, 0.15) is 0 Å². The number of nitrogens with zero attached hydrogens (tertiary/aromatic N) is 3. The zero-order valence-corrected chi connectivity index (χ0v) is 12.7. The van der Waals surface area contributed by atoms with Crippen LogP contribution in [0.5, 0.6) is 0 Å². The summed E-state index contributed by atoms with van der Waals surface area (Å²) in [7, 11) is 6.20. The summed E-state index contributed by atoms with van der Waals surface area (Å²) in [6.45, 7) is 6.55. The summed E-state index contributed by atoms with van der Waals surface area (Å²) in [5, 5.41) is 4.48. The van der Waals surface area contributed by atoms with E-state index in [4.69, 9.17) is 5.73 Å². The van der Waals surface area contributed by atoms with Gasteiger partial charge in [-0.2, -0.15) is 5.10 Å². The van der Waals surface area contributed by atoms with Crippen molar-refractivity contribution in [1.82, 2.24) is 14.7 Å². The topological polar surface area (TPSA) is 47.1 Å². The van der Waals surface area contributed by atoms with E-state index < -0.39 is 0 Å². The maximum absolute atomic E-state index is 6.43. The highest BCUT2D eigenvalue weighted by atomic mass is 15.3. The molecule has 0 aliphatic carbocycles. The third-order valence-corrected chi connectivity index (χ3v) is 4.35. The second kappa shape index (κ2) is 5.85. The van der Waals surface area contributed by atoms with Gasteiger partial charge in [0, 0.05) is 30.7 Å². The molecular weight excluding hydrogens is 224 g/mol. The van der Waals surface area contributed by atoms with Gasteiger partial charge in [0.05, 0.1) is 5.69 Å². The molecule has 0 fully saturated rings. The minimum absolute atomic E-state index is 0.0245. The maximum atomic E-state index is 6.43. The Morgan fingerprint density at radius 1 is 1.44 bits per heavy atom. The lowest BCUT2D eigenvalue weighted by Gasteiger charge is -2.40. The summed E-state index contributed by atoms with van der Waals surface area (Å²) in [4.78, 5) is 2.23. The summed E-state index contributed by atoms with van der Waals surface area (Å²) < 4.78 is 1.96. The average molecular weight is 252 g/mol. The lowest BCUT2D eigenvalue weighted by molar-refractivity contribution is 0.130. The Labute approximate surface area is 111 Å². The average Bonchev–Trinajstić information content (AvgIpc) is 2.68. The summed E-state index contributed by atoms with van der Waals surface area (Å²) >= 11 is 0. The molecule has 4 nitrogen and oxygen atoms in total. The van der Waals surface area contributed by atoms with Gasteiger partial charge in [-0.05, 0) is 39.9 Å². The van der Waals surface area contributed by atoms with Crippen molar-refractivity contribution in [3.63, 3.8) is 0 Å². The Morgan fingerprint density at radius 2 is 2.06 bits per heavy atom. The quantitative estimate of drug-likeness (QED) is 0.836. The molecule has 0 radical (unpaired) electrons. The molecule has 1 heterocycles. The summed E-state index contributed by atoms with van der Waals surface area (Å²) in [5.41, 5.74) is 8.82. The molecule has 0 bridgehead atoms. The minimum atomic E-state index is 0.0245. The molecule has 0 spiro atoms. The number of hydrogen-bond acceptors (Lipinski definition) is 3. The Hall–Kier alpha value is -0.870. The largest absolute Gasteiger partial charge is 0.326 e. The highest BCUT2D eigenvalue weighted by Gasteiger charge is 2.32. The number of aryl methyl sites for hydroxylation is 2. The van der Waals surface area contributed by atoms with E-state index >= 15 is 0 Å². The van der Waals surface area contributed by atoms with Crippen LogP contribution in [-0.4, -0.2) is 40.4 Å². The van der Waals surface area contributed by atoms with Gasteiger partial charge in [-0.25, -0.2) is 0 Å². The molecule has 4 heteroatoms. The third-order valence-electron chi connectivity index (χ3n) is 4.35. The van der Waals surface area contributed by atoms with Crippen molar-refractivity contribution in [3.05, 3.63) is 17.5 Å². The van der Waals surface area contributed by atoms with Crippen LogP contribution in [0.1, 0.15) is 38.6 Å². The molecule has 0 saturated heterocycles. The first-order chi connectivity index (χ1) is 8.35. The Morgan fingerprint density at radius 3 is 2.44 bits per heavy atom. The van der Waals surface area contributed by atoms with Crippen molar-refractivity contribution in [3.8, 4) is 0 Å². The highest BCUT2D eigenvalue weighted by molar-refractivity contribution is 5.13. The lowest BCUT2D eigenvalue weighted by Crippen LogP contribution is -2.56. The van der Waals surface area contributed by atoms with E-state index in [1.807, 2.05) is 11.7 Å². The molecule has 2 N–H and O–H groups in total. The third kappa shape index (κ3) is 2.93. The van der Waals surface area contributed by atoms with Gasteiger partial charge < -0.3 is 10.6 Å². The molecule has 1 rings (SSSR count). The zero-order chi connectivity index (χ0) is 13.9. The first kappa shape index (κ1) is 15.2. The van der Waals surface area contributed by atoms with Gasteiger partial charge in [0.2, 0.25) is 0 Å². The van der Waals surface area contributed by atoms with E-state index in [0.717, 1.165) is 25.0 Å².